The van der Waals surface area contributed by atoms with E-state index in [1.165, 1.54) is 0 Å². The van der Waals surface area contributed by atoms with Crippen molar-refractivity contribution in [3.63, 3.8) is 0 Å². The van der Waals surface area contributed by atoms with Crippen molar-refractivity contribution in [2.75, 3.05) is 25.6 Å². The van der Waals surface area contributed by atoms with E-state index in [-0.39, 0.29) is 18.1 Å². The molecule has 0 aliphatic heterocycles. The quantitative estimate of drug-likeness (QED) is 0.602. The molecule has 0 saturated carbocycles. The Bertz CT molecular complexity index is 541. The van der Waals surface area contributed by atoms with Crippen LogP contribution in [0.4, 0.5) is 5.69 Å². The minimum atomic E-state index is -0.523. The first-order chi connectivity index (χ1) is 11.0. The average Bonchev–Trinajstić information content (AvgIpc) is 2.43. The molecule has 0 atom stereocenters. The highest BCUT2D eigenvalue weighted by Gasteiger charge is 2.23. The molecule has 136 valence electrons. The fourth-order valence-electron chi connectivity index (χ4n) is 1.91. The number of nitrogens with one attached hydrogen (secondary N) is 1. The smallest absolute Gasteiger partial charge is 0.311 e. The largest absolute Gasteiger partial charge is 0.491 e. The van der Waals surface area contributed by atoms with Gasteiger partial charge in [0.05, 0.1) is 12.0 Å². The fraction of sp³-hybridized carbons (Fsp3) is 0.632. The first-order valence-electron chi connectivity index (χ1n) is 8.23. The van der Waals surface area contributed by atoms with Crippen LogP contribution < -0.4 is 10.1 Å². The number of benzene rings is 1. The van der Waals surface area contributed by atoms with Crippen molar-refractivity contribution >= 4 is 11.7 Å². The maximum absolute atomic E-state index is 12.0. The van der Waals surface area contributed by atoms with Crippen LogP contribution in [0.25, 0.3) is 0 Å². The molecule has 0 unspecified atom stereocenters. The molecular formula is C19H31NO4. The van der Waals surface area contributed by atoms with Crippen molar-refractivity contribution in [3.05, 3.63) is 23.8 Å². The molecule has 1 rings (SSSR count). The number of hydrogen-bond donors (Lipinski definition) is 1. The molecule has 0 fully saturated rings. The molecule has 1 aromatic rings. The minimum absolute atomic E-state index is 0.0516. The standard InChI is InChI=1S/C19H31NO4/c1-18(2,3)17(21)24-13-14-8-9-15(20-19(4,5)6)12-16(14)23-11-10-22-7/h8-9,12,20H,10-11,13H2,1-7H3. The second-order valence-corrected chi connectivity index (χ2v) is 7.86. The summed E-state index contributed by atoms with van der Waals surface area (Å²) in [5, 5.41) is 3.41. The molecule has 0 aliphatic carbocycles. The normalized spacial score (nSPS) is 12.0. The highest BCUT2D eigenvalue weighted by atomic mass is 16.5. The van der Waals surface area contributed by atoms with Gasteiger partial charge in [0.2, 0.25) is 0 Å². The predicted molar refractivity (Wildman–Crippen MR) is 96.4 cm³/mol. The lowest BCUT2D eigenvalue weighted by Gasteiger charge is -2.23. The molecule has 0 radical (unpaired) electrons. The van der Waals surface area contributed by atoms with Crippen LogP contribution in [-0.4, -0.2) is 31.8 Å². The van der Waals surface area contributed by atoms with Crippen molar-refractivity contribution < 1.29 is 19.0 Å². The number of rotatable bonds is 7. The molecule has 0 bridgehead atoms. The van der Waals surface area contributed by atoms with Gasteiger partial charge in [-0.1, -0.05) is 0 Å². The van der Waals surface area contributed by atoms with Gasteiger partial charge in [0, 0.05) is 30.0 Å². The first-order valence-corrected chi connectivity index (χ1v) is 8.23. The van der Waals surface area contributed by atoms with Crippen LogP contribution in [0, 0.1) is 5.41 Å². The Morgan fingerprint density at radius 3 is 2.29 bits per heavy atom. The molecule has 0 heterocycles. The number of carbonyl (C=O) groups excluding carboxylic acids is 1. The Balaban J connectivity index is 2.90. The Hall–Kier alpha value is -1.75. The second-order valence-electron chi connectivity index (χ2n) is 7.86. The summed E-state index contributed by atoms with van der Waals surface area (Å²) in [6, 6.07) is 5.82. The molecule has 0 saturated heterocycles. The number of esters is 1. The Morgan fingerprint density at radius 1 is 1.08 bits per heavy atom. The molecule has 24 heavy (non-hydrogen) atoms. The van der Waals surface area contributed by atoms with E-state index in [0.29, 0.717) is 19.0 Å². The third-order valence-corrected chi connectivity index (χ3v) is 3.10. The second kappa shape index (κ2) is 8.38. The average molecular weight is 337 g/mol. The summed E-state index contributed by atoms with van der Waals surface area (Å²) >= 11 is 0. The van der Waals surface area contributed by atoms with Gasteiger partial charge < -0.3 is 19.5 Å². The highest BCUT2D eigenvalue weighted by Crippen LogP contribution is 2.27. The zero-order valence-electron chi connectivity index (χ0n) is 16.0. The predicted octanol–water partition coefficient (Wildman–Crippen LogP) is 4.01. The highest BCUT2D eigenvalue weighted by molar-refractivity contribution is 5.75. The van der Waals surface area contributed by atoms with Crippen LogP contribution in [-0.2, 0) is 20.9 Å². The van der Waals surface area contributed by atoms with E-state index in [2.05, 4.69) is 26.1 Å². The SMILES string of the molecule is COCCOc1cc(NC(C)(C)C)ccc1COC(=O)C(C)(C)C. The van der Waals surface area contributed by atoms with Crippen LogP contribution in [0.2, 0.25) is 0 Å². The van der Waals surface area contributed by atoms with E-state index < -0.39 is 5.41 Å². The van der Waals surface area contributed by atoms with Crippen molar-refractivity contribution in [1.82, 2.24) is 0 Å². The van der Waals surface area contributed by atoms with Crippen molar-refractivity contribution in [2.24, 2.45) is 5.41 Å². The molecule has 1 aromatic carbocycles. The Kier molecular flexibility index (Phi) is 7.08. The summed E-state index contributed by atoms with van der Waals surface area (Å²) < 4.78 is 16.2. The molecule has 5 heteroatoms. The monoisotopic (exact) mass is 337 g/mol. The van der Waals surface area contributed by atoms with Gasteiger partial charge in [0.1, 0.15) is 19.0 Å². The minimum Gasteiger partial charge on any atom is -0.491 e. The lowest BCUT2D eigenvalue weighted by atomic mass is 9.97. The molecule has 0 aromatic heterocycles. The van der Waals surface area contributed by atoms with Gasteiger partial charge >= 0.3 is 5.97 Å². The summed E-state index contributed by atoms with van der Waals surface area (Å²) in [7, 11) is 1.63. The van der Waals surface area contributed by atoms with Gasteiger partial charge in [-0.05, 0) is 53.7 Å². The van der Waals surface area contributed by atoms with E-state index in [1.807, 2.05) is 39.0 Å². The van der Waals surface area contributed by atoms with Crippen molar-refractivity contribution in [1.29, 1.82) is 0 Å². The van der Waals surface area contributed by atoms with Gasteiger partial charge in [-0.3, -0.25) is 4.79 Å². The summed E-state index contributed by atoms with van der Waals surface area (Å²) in [6.45, 7) is 12.9. The molecular weight excluding hydrogens is 306 g/mol. The summed E-state index contributed by atoms with van der Waals surface area (Å²) in [5.74, 6) is 0.463. The lowest BCUT2D eigenvalue weighted by molar-refractivity contribution is -0.154. The molecule has 5 nitrogen and oxygen atoms in total. The zero-order valence-corrected chi connectivity index (χ0v) is 16.0. The maximum Gasteiger partial charge on any atom is 0.311 e. The number of hydrogen-bond acceptors (Lipinski definition) is 5. The maximum atomic E-state index is 12.0. The third-order valence-electron chi connectivity index (χ3n) is 3.10. The third kappa shape index (κ3) is 7.21. The lowest BCUT2D eigenvalue weighted by Crippen LogP contribution is -2.26. The van der Waals surface area contributed by atoms with E-state index in [4.69, 9.17) is 14.2 Å². The van der Waals surface area contributed by atoms with Crippen LogP contribution in [0.15, 0.2) is 18.2 Å². The van der Waals surface area contributed by atoms with E-state index >= 15 is 0 Å². The van der Waals surface area contributed by atoms with Gasteiger partial charge in [-0.25, -0.2) is 0 Å². The van der Waals surface area contributed by atoms with Crippen molar-refractivity contribution in [2.45, 2.75) is 53.7 Å². The van der Waals surface area contributed by atoms with Gasteiger partial charge in [-0.15, -0.1) is 0 Å². The molecule has 0 spiro atoms. The molecule has 0 amide bonds. The number of anilines is 1. The van der Waals surface area contributed by atoms with Gasteiger partial charge in [0.15, 0.2) is 0 Å². The molecule has 1 N–H and O–H groups in total. The summed E-state index contributed by atoms with van der Waals surface area (Å²) in [4.78, 5) is 12.0. The van der Waals surface area contributed by atoms with Crippen LogP contribution >= 0.6 is 0 Å². The van der Waals surface area contributed by atoms with Gasteiger partial charge in [-0.2, -0.15) is 0 Å². The van der Waals surface area contributed by atoms with Crippen LogP contribution in [0.3, 0.4) is 0 Å². The van der Waals surface area contributed by atoms with Gasteiger partial charge in [0.25, 0.3) is 0 Å². The summed E-state index contributed by atoms with van der Waals surface area (Å²) in [6.07, 6.45) is 0. The summed E-state index contributed by atoms with van der Waals surface area (Å²) in [5.41, 5.74) is 1.22. The zero-order chi connectivity index (χ0) is 18.4. The fourth-order valence-corrected chi connectivity index (χ4v) is 1.91. The molecule has 0 aliphatic rings. The number of ether oxygens (including phenoxy) is 3. The van der Waals surface area contributed by atoms with E-state index in [1.54, 1.807) is 7.11 Å². The van der Waals surface area contributed by atoms with Crippen LogP contribution in [0.1, 0.15) is 47.1 Å². The Labute approximate surface area is 145 Å². The van der Waals surface area contributed by atoms with E-state index in [0.717, 1.165) is 11.3 Å². The Morgan fingerprint density at radius 2 is 1.75 bits per heavy atom. The van der Waals surface area contributed by atoms with Crippen molar-refractivity contribution in [3.8, 4) is 5.75 Å². The first kappa shape index (κ1) is 20.3. The van der Waals surface area contributed by atoms with Crippen LogP contribution in [0.5, 0.6) is 5.75 Å². The number of methoxy groups -OCH3 is 1. The van der Waals surface area contributed by atoms with E-state index in [9.17, 15) is 4.79 Å². The number of carbonyl (C=O) groups is 1. The topological polar surface area (TPSA) is 56.8 Å².